The van der Waals surface area contributed by atoms with Gasteiger partial charge in [-0.2, -0.15) is 0 Å². The Kier molecular flexibility index (Phi) is 3.83. The van der Waals surface area contributed by atoms with Gasteiger partial charge in [0.05, 0.1) is 17.8 Å². The Bertz CT molecular complexity index is 248. The van der Waals surface area contributed by atoms with Crippen molar-refractivity contribution in [1.82, 2.24) is 0 Å². The summed E-state index contributed by atoms with van der Waals surface area (Å²) in [5.41, 5.74) is -1.07. The molecule has 3 heteroatoms. The summed E-state index contributed by atoms with van der Waals surface area (Å²) in [5.74, 6) is -0.0435. The van der Waals surface area contributed by atoms with Crippen molar-refractivity contribution in [3.05, 3.63) is 12.2 Å². The number of rotatable bonds is 2. The highest BCUT2D eigenvalue weighted by atomic mass is 16.3. The molecule has 1 aliphatic rings. The summed E-state index contributed by atoms with van der Waals surface area (Å²) in [7, 11) is 0. The van der Waals surface area contributed by atoms with Gasteiger partial charge in [-0.1, -0.05) is 26.0 Å². The van der Waals surface area contributed by atoms with Crippen molar-refractivity contribution >= 4 is 0 Å². The summed E-state index contributed by atoms with van der Waals surface area (Å²) >= 11 is 0. The molecule has 1 rings (SSSR count). The molecule has 4 atom stereocenters. The van der Waals surface area contributed by atoms with Crippen molar-refractivity contribution in [1.29, 1.82) is 0 Å². The van der Waals surface area contributed by atoms with Gasteiger partial charge in [0.25, 0.3) is 0 Å². The molecule has 0 aromatic carbocycles. The fourth-order valence-electron chi connectivity index (χ4n) is 2.99. The molecule has 3 nitrogen and oxygen atoms in total. The van der Waals surface area contributed by atoms with Crippen LogP contribution in [-0.2, 0) is 0 Å². The molecule has 0 bridgehead atoms. The third-order valence-corrected chi connectivity index (χ3v) is 3.50. The lowest BCUT2D eigenvalue weighted by molar-refractivity contribution is -0.111. The first-order valence-electron chi connectivity index (χ1n) is 5.92. The molecule has 0 spiro atoms. The topological polar surface area (TPSA) is 60.7 Å². The Morgan fingerprint density at radius 2 is 1.81 bits per heavy atom. The van der Waals surface area contributed by atoms with E-state index in [1.807, 2.05) is 19.9 Å². The molecule has 0 radical (unpaired) electrons. The van der Waals surface area contributed by atoms with Crippen LogP contribution in [0.2, 0.25) is 0 Å². The van der Waals surface area contributed by atoms with Gasteiger partial charge >= 0.3 is 0 Å². The zero-order chi connectivity index (χ0) is 12.6. The Morgan fingerprint density at radius 3 is 2.25 bits per heavy atom. The molecule has 0 aliphatic heterocycles. The molecule has 16 heavy (non-hydrogen) atoms. The highest BCUT2D eigenvalue weighted by Crippen LogP contribution is 2.46. The molecular formula is C13H24O3. The number of aliphatic hydroxyl groups is 3. The Balaban J connectivity index is 2.93. The van der Waals surface area contributed by atoms with Crippen LogP contribution in [0.5, 0.6) is 0 Å². The lowest BCUT2D eigenvalue weighted by Crippen LogP contribution is -2.50. The number of aliphatic hydroxyl groups excluding tert-OH is 2. The molecule has 0 heterocycles. The fraction of sp³-hybridized carbons (Fsp3) is 0.846. The third kappa shape index (κ3) is 3.06. The number of hydrogen-bond donors (Lipinski definition) is 3. The van der Waals surface area contributed by atoms with Crippen molar-refractivity contribution in [3.8, 4) is 0 Å². The van der Waals surface area contributed by atoms with Crippen LogP contribution in [-0.4, -0.2) is 33.1 Å². The van der Waals surface area contributed by atoms with Gasteiger partial charge < -0.3 is 15.3 Å². The first-order valence-corrected chi connectivity index (χ1v) is 5.92. The summed E-state index contributed by atoms with van der Waals surface area (Å²) in [6, 6.07) is 0. The maximum atomic E-state index is 10.4. The highest BCUT2D eigenvalue weighted by Gasteiger charge is 2.47. The molecule has 2 unspecified atom stereocenters. The molecule has 1 saturated carbocycles. The quantitative estimate of drug-likeness (QED) is 0.627. The molecule has 0 aromatic rings. The van der Waals surface area contributed by atoms with Crippen LogP contribution in [0.25, 0.3) is 0 Å². The van der Waals surface area contributed by atoms with E-state index >= 15 is 0 Å². The van der Waals surface area contributed by atoms with Crippen LogP contribution in [0.3, 0.4) is 0 Å². The first-order chi connectivity index (χ1) is 7.15. The molecule has 0 aromatic heterocycles. The van der Waals surface area contributed by atoms with Gasteiger partial charge in [-0.3, -0.25) is 0 Å². The smallest absolute Gasteiger partial charge is 0.0711 e. The monoisotopic (exact) mass is 228 g/mol. The van der Waals surface area contributed by atoms with Crippen LogP contribution < -0.4 is 0 Å². The summed E-state index contributed by atoms with van der Waals surface area (Å²) in [4.78, 5) is 0. The van der Waals surface area contributed by atoms with E-state index in [1.165, 1.54) is 0 Å². The van der Waals surface area contributed by atoms with Gasteiger partial charge in [0, 0.05) is 12.3 Å². The van der Waals surface area contributed by atoms with E-state index in [4.69, 9.17) is 0 Å². The maximum absolute atomic E-state index is 10.4. The van der Waals surface area contributed by atoms with E-state index in [9.17, 15) is 15.3 Å². The van der Waals surface area contributed by atoms with Crippen LogP contribution >= 0.6 is 0 Å². The second-order valence-corrected chi connectivity index (χ2v) is 6.01. The Hall–Kier alpha value is -0.380. The van der Waals surface area contributed by atoms with E-state index in [0.29, 0.717) is 12.8 Å². The lowest BCUT2D eigenvalue weighted by Gasteiger charge is -2.48. The molecule has 3 N–H and O–H groups in total. The molecule has 1 fully saturated rings. The minimum Gasteiger partial charge on any atom is -0.393 e. The van der Waals surface area contributed by atoms with Crippen molar-refractivity contribution in [2.24, 2.45) is 11.3 Å². The first kappa shape index (κ1) is 13.7. The molecular weight excluding hydrogens is 204 g/mol. The standard InChI is InChI=1S/C13H24O3/c1-9(14)5-6-11-12(2,3)7-10(15)8-13(11,4)16/h5-6,9-11,14-16H,7-8H2,1-4H3/b6-5+/t9?,10-,11?,13+/m0/s1. The normalized spacial score (nSPS) is 41.2. The van der Waals surface area contributed by atoms with Gasteiger partial charge in [-0.15, -0.1) is 0 Å². The van der Waals surface area contributed by atoms with Crippen molar-refractivity contribution in [2.45, 2.75) is 58.3 Å². The lowest BCUT2D eigenvalue weighted by atomic mass is 9.61. The van der Waals surface area contributed by atoms with Gasteiger partial charge in [-0.05, 0) is 25.7 Å². The third-order valence-electron chi connectivity index (χ3n) is 3.50. The number of hydrogen-bond acceptors (Lipinski definition) is 3. The van der Waals surface area contributed by atoms with E-state index < -0.39 is 17.8 Å². The second kappa shape index (κ2) is 4.47. The van der Waals surface area contributed by atoms with E-state index in [0.717, 1.165) is 0 Å². The predicted molar refractivity (Wildman–Crippen MR) is 64.0 cm³/mol. The summed E-state index contributed by atoms with van der Waals surface area (Å²) in [6.07, 6.45) is 3.72. The highest BCUT2D eigenvalue weighted by molar-refractivity contribution is 5.09. The van der Waals surface area contributed by atoms with E-state index in [1.54, 1.807) is 19.9 Å². The van der Waals surface area contributed by atoms with Crippen LogP contribution in [0.4, 0.5) is 0 Å². The van der Waals surface area contributed by atoms with Crippen molar-refractivity contribution in [3.63, 3.8) is 0 Å². The van der Waals surface area contributed by atoms with Gasteiger partial charge in [0.1, 0.15) is 0 Å². The predicted octanol–water partition coefficient (Wildman–Crippen LogP) is 1.47. The molecule has 1 aliphatic carbocycles. The SMILES string of the molecule is CC(O)/C=C/C1C(C)(C)C[C@H](O)C[C@@]1(C)O. The summed E-state index contributed by atoms with van der Waals surface area (Å²) in [6.45, 7) is 7.53. The van der Waals surface area contributed by atoms with Crippen LogP contribution in [0, 0.1) is 11.3 Å². The zero-order valence-corrected chi connectivity index (χ0v) is 10.6. The van der Waals surface area contributed by atoms with E-state index in [2.05, 4.69) is 0 Å². The zero-order valence-electron chi connectivity index (χ0n) is 10.6. The van der Waals surface area contributed by atoms with Crippen LogP contribution in [0.15, 0.2) is 12.2 Å². The van der Waals surface area contributed by atoms with Crippen LogP contribution in [0.1, 0.15) is 40.5 Å². The Labute approximate surface area is 97.8 Å². The fourth-order valence-corrected chi connectivity index (χ4v) is 2.99. The average molecular weight is 228 g/mol. The Morgan fingerprint density at radius 1 is 1.25 bits per heavy atom. The van der Waals surface area contributed by atoms with Gasteiger partial charge in [0.15, 0.2) is 0 Å². The van der Waals surface area contributed by atoms with Gasteiger partial charge in [0.2, 0.25) is 0 Å². The van der Waals surface area contributed by atoms with E-state index in [-0.39, 0.29) is 11.3 Å². The average Bonchev–Trinajstić information content (AvgIpc) is 1.96. The second-order valence-electron chi connectivity index (χ2n) is 6.01. The molecule has 94 valence electrons. The minimum absolute atomic E-state index is 0.0435. The maximum Gasteiger partial charge on any atom is 0.0711 e. The largest absolute Gasteiger partial charge is 0.393 e. The van der Waals surface area contributed by atoms with Crippen molar-refractivity contribution < 1.29 is 15.3 Å². The van der Waals surface area contributed by atoms with Crippen molar-refractivity contribution in [2.75, 3.05) is 0 Å². The molecule has 0 saturated heterocycles. The summed E-state index contributed by atoms with van der Waals surface area (Å²) in [5, 5.41) is 29.4. The summed E-state index contributed by atoms with van der Waals surface area (Å²) < 4.78 is 0. The van der Waals surface area contributed by atoms with Gasteiger partial charge in [-0.25, -0.2) is 0 Å². The molecule has 0 amide bonds. The minimum atomic E-state index is -0.910.